The summed E-state index contributed by atoms with van der Waals surface area (Å²) in [5.41, 5.74) is 2.79. The first-order chi connectivity index (χ1) is 14.0. The molecule has 8 heteroatoms. The van der Waals surface area contributed by atoms with Crippen LogP contribution in [0.15, 0.2) is 29.3 Å². The molecule has 0 saturated carbocycles. The minimum absolute atomic E-state index is 0.0529. The highest BCUT2D eigenvalue weighted by Gasteiger charge is 2.17. The van der Waals surface area contributed by atoms with Gasteiger partial charge < -0.3 is 19.4 Å². The molecule has 0 aliphatic heterocycles. The molecule has 2 N–H and O–H groups in total. The predicted molar refractivity (Wildman–Crippen MR) is 114 cm³/mol. The van der Waals surface area contributed by atoms with Crippen LogP contribution in [0.2, 0.25) is 0 Å². The first-order valence-electron chi connectivity index (χ1n) is 9.44. The molecular weight excluding hydrogens is 372 g/mol. The maximum Gasteiger partial charge on any atom is 0.276 e. The normalized spacial score (nSPS) is 10.4. The molecule has 3 rings (SSSR count). The molecular formula is C21H28N4O4. The molecule has 29 heavy (non-hydrogen) atoms. The molecule has 156 valence electrons. The van der Waals surface area contributed by atoms with Gasteiger partial charge in [0, 0.05) is 36.3 Å². The number of nitrogens with zero attached hydrogens (tertiary/aromatic N) is 2. The fourth-order valence-corrected chi connectivity index (χ4v) is 3.06. The maximum atomic E-state index is 12.3. The number of ketones is 1. The molecule has 0 atom stereocenters. The second-order valence-corrected chi connectivity index (χ2v) is 6.28. The zero-order valence-corrected chi connectivity index (χ0v) is 17.8. The van der Waals surface area contributed by atoms with Crippen LogP contribution < -0.4 is 20.3 Å². The number of ether oxygens (including phenoxy) is 2. The number of aromatic amines is 1. The van der Waals surface area contributed by atoms with E-state index in [0.717, 1.165) is 22.1 Å². The molecule has 0 unspecified atom stereocenters. The number of fused-ring (bicyclic) bond motifs is 1. The number of hydrogen-bond donors (Lipinski definition) is 2. The Morgan fingerprint density at radius 2 is 1.83 bits per heavy atom. The lowest BCUT2D eigenvalue weighted by Crippen LogP contribution is -2.21. The molecule has 8 nitrogen and oxygen atoms in total. The summed E-state index contributed by atoms with van der Waals surface area (Å²) in [6.45, 7) is 6.23. The van der Waals surface area contributed by atoms with E-state index in [0.29, 0.717) is 23.6 Å². The summed E-state index contributed by atoms with van der Waals surface area (Å²) in [4.78, 5) is 23.4. The van der Waals surface area contributed by atoms with Crippen LogP contribution in [-0.4, -0.2) is 41.3 Å². The monoisotopic (exact) mass is 400 g/mol. The maximum absolute atomic E-state index is 12.3. The molecule has 0 spiro atoms. The van der Waals surface area contributed by atoms with E-state index >= 15 is 0 Å². The van der Waals surface area contributed by atoms with Crippen molar-refractivity contribution >= 4 is 16.7 Å². The number of methoxy groups -OCH3 is 2. The Morgan fingerprint density at radius 1 is 1.21 bits per heavy atom. The van der Waals surface area contributed by atoms with Gasteiger partial charge in [-0.1, -0.05) is 13.8 Å². The highest BCUT2D eigenvalue weighted by atomic mass is 16.5. The van der Waals surface area contributed by atoms with E-state index in [-0.39, 0.29) is 17.9 Å². The summed E-state index contributed by atoms with van der Waals surface area (Å²) in [7, 11) is 4.86. The van der Waals surface area contributed by atoms with Crippen molar-refractivity contribution in [3.63, 3.8) is 0 Å². The minimum atomic E-state index is -0.143. The summed E-state index contributed by atoms with van der Waals surface area (Å²) >= 11 is 0. The first kappa shape index (κ1) is 22.2. The lowest BCUT2D eigenvalue weighted by atomic mass is 10.0. The third-order valence-electron chi connectivity index (χ3n) is 4.38. The van der Waals surface area contributed by atoms with Crippen molar-refractivity contribution in [2.24, 2.45) is 7.05 Å². The Kier molecular flexibility index (Phi) is 7.55. The molecule has 1 aromatic carbocycles. The molecule has 2 aromatic heterocycles. The van der Waals surface area contributed by atoms with Crippen LogP contribution in [0, 0.1) is 0 Å². The van der Waals surface area contributed by atoms with Crippen LogP contribution in [-0.2, 0) is 18.4 Å². The van der Waals surface area contributed by atoms with Crippen molar-refractivity contribution in [3.8, 4) is 22.6 Å². The van der Waals surface area contributed by atoms with Gasteiger partial charge in [0.25, 0.3) is 5.56 Å². The minimum Gasteiger partial charge on any atom is -0.496 e. The van der Waals surface area contributed by atoms with Crippen molar-refractivity contribution in [1.29, 1.82) is 0 Å². The largest absolute Gasteiger partial charge is 0.496 e. The molecule has 0 bridgehead atoms. The Hall–Kier alpha value is -3.13. The third kappa shape index (κ3) is 4.65. The van der Waals surface area contributed by atoms with E-state index in [2.05, 4.69) is 15.5 Å². The molecule has 0 aliphatic rings. The van der Waals surface area contributed by atoms with Crippen LogP contribution >= 0.6 is 0 Å². The third-order valence-corrected chi connectivity index (χ3v) is 4.38. The van der Waals surface area contributed by atoms with Crippen LogP contribution in [0.3, 0.4) is 0 Å². The van der Waals surface area contributed by atoms with Crippen molar-refractivity contribution in [1.82, 2.24) is 20.1 Å². The molecule has 0 radical (unpaired) electrons. The van der Waals surface area contributed by atoms with Crippen molar-refractivity contribution in [2.45, 2.75) is 27.3 Å². The molecule has 0 fully saturated rings. The van der Waals surface area contributed by atoms with Gasteiger partial charge in [0.05, 0.1) is 27.0 Å². The molecule has 0 amide bonds. The van der Waals surface area contributed by atoms with E-state index in [1.165, 1.54) is 11.5 Å². The average Bonchev–Trinajstić information content (AvgIpc) is 3.22. The fraction of sp³-hybridized carbons (Fsp3) is 0.381. The Balaban J connectivity index is 0.00000145. The number of pyridine rings is 1. The van der Waals surface area contributed by atoms with Gasteiger partial charge in [0.1, 0.15) is 22.8 Å². The average molecular weight is 400 g/mol. The van der Waals surface area contributed by atoms with E-state index in [4.69, 9.17) is 9.47 Å². The second kappa shape index (κ2) is 9.88. The predicted octanol–water partition coefficient (Wildman–Crippen LogP) is 2.65. The quantitative estimate of drug-likeness (QED) is 0.633. The Labute approximate surface area is 169 Å². The zero-order chi connectivity index (χ0) is 21.6. The van der Waals surface area contributed by atoms with Crippen LogP contribution in [0.4, 0.5) is 0 Å². The summed E-state index contributed by atoms with van der Waals surface area (Å²) < 4.78 is 12.6. The summed E-state index contributed by atoms with van der Waals surface area (Å²) in [5.74, 6) is 1.31. The lowest BCUT2D eigenvalue weighted by Gasteiger charge is -2.16. The van der Waals surface area contributed by atoms with Crippen LogP contribution in [0.5, 0.6) is 11.5 Å². The number of aromatic nitrogens is 3. The SMILES string of the molecule is CC.COc1cc(-c2cn(C)c(=O)c3[nH]ncc23)cc(OC)c1CNCC(C)=O. The highest BCUT2D eigenvalue weighted by molar-refractivity contribution is 5.94. The number of rotatable bonds is 7. The molecule has 0 aliphatic carbocycles. The van der Waals surface area contributed by atoms with Crippen LogP contribution in [0.25, 0.3) is 22.0 Å². The van der Waals surface area contributed by atoms with Gasteiger partial charge in [-0.15, -0.1) is 0 Å². The lowest BCUT2D eigenvalue weighted by molar-refractivity contribution is -0.116. The second-order valence-electron chi connectivity index (χ2n) is 6.28. The van der Waals surface area contributed by atoms with E-state index < -0.39 is 0 Å². The van der Waals surface area contributed by atoms with Crippen molar-refractivity contribution < 1.29 is 14.3 Å². The standard InChI is InChI=1S/C19H22N4O4.C2H6/c1-11(24)7-20-8-14-16(26-3)5-12(6-17(14)27-4)15-10-23(2)19(25)18-13(15)9-21-22-18;1-2/h5-6,9-10,20H,7-8H2,1-4H3,(H,21,22);1-2H3. The van der Waals surface area contributed by atoms with Gasteiger partial charge in [-0.05, 0) is 24.6 Å². The van der Waals surface area contributed by atoms with Gasteiger partial charge in [-0.3, -0.25) is 14.7 Å². The number of hydrogen-bond acceptors (Lipinski definition) is 6. The summed E-state index contributed by atoms with van der Waals surface area (Å²) in [6.07, 6.45) is 3.40. The van der Waals surface area contributed by atoms with E-state index in [1.54, 1.807) is 33.7 Å². The first-order valence-corrected chi connectivity index (χ1v) is 9.44. The fourth-order valence-electron chi connectivity index (χ4n) is 3.06. The number of aryl methyl sites for hydroxylation is 1. The van der Waals surface area contributed by atoms with Gasteiger partial charge in [-0.2, -0.15) is 5.10 Å². The smallest absolute Gasteiger partial charge is 0.276 e. The number of benzene rings is 1. The Bertz CT molecular complexity index is 1030. The van der Waals surface area contributed by atoms with Crippen LogP contribution in [0.1, 0.15) is 26.3 Å². The van der Waals surface area contributed by atoms with Crippen molar-refractivity contribution in [3.05, 3.63) is 40.4 Å². The summed E-state index contributed by atoms with van der Waals surface area (Å²) in [6, 6.07) is 3.78. The zero-order valence-electron chi connectivity index (χ0n) is 17.8. The van der Waals surface area contributed by atoms with E-state index in [1.807, 2.05) is 26.0 Å². The summed E-state index contributed by atoms with van der Waals surface area (Å²) in [5, 5.41) is 10.6. The number of carbonyl (C=O) groups is 1. The molecule has 3 aromatic rings. The highest BCUT2D eigenvalue weighted by Crippen LogP contribution is 2.36. The van der Waals surface area contributed by atoms with Gasteiger partial charge in [0.15, 0.2) is 0 Å². The van der Waals surface area contributed by atoms with Gasteiger partial charge in [0.2, 0.25) is 0 Å². The Morgan fingerprint density at radius 3 is 2.38 bits per heavy atom. The van der Waals surface area contributed by atoms with Crippen molar-refractivity contribution in [2.75, 3.05) is 20.8 Å². The number of H-pyrrole nitrogens is 1. The number of nitrogens with one attached hydrogen (secondary N) is 2. The van der Waals surface area contributed by atoms with Gasteiger partial charge in [-0.25, -0.2) is 0 Å². The van der Waals surface area contributed by atoms with Gasteiger partial charge >= 0.3 is 0 Å². The number of carbonyl (C=O) groups excluding carboxylic acids is 1. The number of Topliss-reactive ketones (excluding diaryl/α,β-unsaturated/α-hetero) is 1. The molecule has 2 heterocycles. The molecule has 0 saturated heterocycles. The van der Waals surface area contributed by atoms with E-state index in [9.17, 15) is 9.59 Å². The topological polar surface area (TPSA) is 98.2 Å².